The number of nitrogens with one attached hydrogen (secondary N) is 1. The SMILES string of the molecule is CCOc1ccc(N2CC(CNC(=O)c3ccc(F)cc3F)CC2=O)cc1. The summed E-state index contributed by atoms with van der Waals surface area (Å²) in [5.41, 5.74) is 0.547. The third-order valence-corrected chi connectivity index (χ3v) is 4.39. The predicted molar refractivity (Wildman–Crippen MR) is 96.8 cm³/mol. The van der Waals surface area contributed by atoms with Crippen LogP contribution in [-0.4, -0.2) is 31.5 Å². The molecule has 0 bridgehead atoms. The maximum Gasteiger partial charge on any atom is 0.254 e. The second kappa shape index (κ2) is 8.16. The summed E-state index contributed by atoms with van der Waals surface area (Å²) < 4.78 is 32.0. The van der Waals surface area contributed by atoms with Gasteiger partial charge in [0.15, 0.2) is 0 Å². The molecule has 7 heteroatoms. The van der Waals surface area contributed by atoms with Gasteiger partial charge in [-0.25, -0.2) is 8.78 Å². The van der Waals surface area contributed by atoms with Crippen LogP contribution in [0.4, 0.5) is 14.5 Å². The van der Waals surface area contributed by atoms with Gasteiger partial charge in [0.05, 0.1) is 12.2 Å². The van der Waals surface area contributed by atoms with Crippen LogP contribution in [0, 0.1) is 17.6 Å². The number of nitrogens with zero attached hydrogens (tertiary/aromatic N) is 1. The van der Waals surface area contributed by atoms with Crippen molar-refractivity contribution < 1.29 is 23.1 Å². The fraction of sp³-hybridized carbons (Fsp3) is 0.300. The van der Waals surface area contributed by atoms with Gasteiger partial charge in [0.1, 0.15) is 17.4 Å². The summed E-state index contributed by atoms with van der Waals surface area (Å²) in [5, 5.41) is 2.62. The molecule has 2 aromatic rings. The first kappa shape index (κ1) is 18.8. The first-order valence-corrected chi connectivity index (χ1v) is 8.74. The van der Waals surface area contributed by atoms with E-state index in [-0.39, 0.29) is 23.9 Å². The quantitative estimate of drug-likeness (QED) is 0.845. The van der Waals surface area contributed by atoms with Crippen LogP contribution in [0.25, 0.3) is 0 Å². The number of hydrogen-bond donors (Lipinski definition) is 1. The van der Waals surface area contributed by atoms with Gasteiger partial charge in [-0.15, -0.1) is 0 Å². The number of hydrogen-bond acceptors (Lipinski definition) is 3. The largest absolute Gasteiger partial charge is 0.494 e. The molecule has 27 heavy (non-hydrogen) atoms. The van der Waals surface area contributed by atoms with Crippen molar-refractivity contribution in [2.45, 2.75) is 13.3 Å². The topological polar surface area (TPSA) is 58.6 Å². The normalized spacial score (nSPS) is 16.5. The van der Waals surface area contributed by atoms with E-state index in [1.807, 2.05) is 19.1 Å². The molecule has 1 atom stereocenters. The van der Waals surface area contributed by atoms with Crippen molar-refractivity contribution in [1.82, 2.24) is 5.32 Å². The van der Waals surface area contributed by atoms with Crippen molar-refractivity contribution in [3.05, 3.63) is 59.7 Å². The number of carbonyl (C=O) groups is 2. The summed E-state index contributed by atoms with van der Waals surface area (Å²) in [5.74, 6) is -1.66. The highest BCUT2D eigenvalue weighted by Crippen LogP contribution is 2.26. The third kappa shape index (κ3) is 4.42. The zero-order chi connectivity index (χ0) is 19.4. The van der Waals surface area contributed by atoms with Crippen LogP contribution in [0.2, 0.25) is 0 Å². The monoisotopic (exact) mass is 374 g/mol. The Balaban J connectivity index is 1.58. The molecule has 142 valence electrons. The molecule has 0 radical (unpaired) electrons. The average Bonchev–Trinajstić information content (AvgIpc) is 3.01. The summed E-state index contributed by atoms with van der Waals surface area (Å²) in [6.45, 7) is 3.15. The molecule has 1 fully saturated rings. The van der Waals surface area contributed by atoms with Crippen molar-refractivity contribution in [2.75, 3.05) is 24.6 Å². The summed E-state index contributed by atoms with van der Waals surface area (Å²) in [7, 11) is 0. The Morgan fingerprint density at radius 3 is 2.63 bits per heavy atom. The molecule has 1 unspecified atom stereocenters. The van der Waals surface area contributed by atoms with E-state index >= 15 is 0 Å². The smallest absolute Gasteiger partial charge is 0.254 e. The number of halogens is 2. The van der Waals surface area contributed by atoms with Gasteiger partial charge >= 0.3 is 0 Å². The zero-order valence-electron chi connectivity index (χ0n) is 14.9. The molecule has 1 saturated heterocycles. The molecular formula is C20H20F2N2O3. The Morgan fingerprint density at radius 2 is 1.96 bits per heavy atom. The minimum Gasteiger partial charge on any atom is -0.494 e. The van der Waals surface area contributed by atoms with Crippen molar-refractivity contribution in [3.8, 4) is 5.75 Å². The Bertz CT molecular complexity index is 840. The molecule has 1 aliphatic heterocycles. The van der Waals surface area contributed by atoms with Gasteiger partial charge in [-0.3, -0.25) is 9.59 Å². The molecule has 1 N–H and O–H groups in total. The lowest BCUT2D eigenvalue weighted by molar-refractivity contribution is -0.117. The van der Waals surface area contributed by atoms with E-state index in [2.05, 4.69) is 5.32 Å². The maximum absolute atomic E-state index is 13.7. The standard InChI is InChI=1S/C20H20F2N2O3/c1-2-27-16-6-4-15(5-7-16)24-12-13(9-19(24)25)11-23-20(26)17-8-3-14(21)10-18(17)22/h3-8,10,13H,2,9,11-12H2,1H3,(H,23,26). The van der Waals surface area contributed by atoms with Crippen LogP contribution in [0.1, 0.15) is 23.7 Å². The second-order valence-electron chi connectivity index (χ2n) is 6.34. The molecule has 2 amide bonds. The molecule has 0 spiro atoms. The summed E-state index contributed by atoms with van der Waals surface area (Å²) >= 11 is 0. The molecule has 0 aliphatic carbocycles. The fourth-order valence-corrected chi connectivity index (χ4v) is 3.06. The number of carbonyl (C=O) groups excluding carboxylic acids is 2. The molecule has 3 rings (SSSR count). The summed E-state index contributed by atoms with van der Waals surface area (Å²) in [6.07, 6.45) is 0.291. The minimum atomic E-state index is -0.911. The van der Waals surface area contributed by atoms with Gasteiger partial charge in [-0.2, -0.15) is 0 Å². The lowest BCUT2D eigenvalue weighted by Crippen LogP contribution is -2.31. The minimum absolute atomic E-state index is 0.0358. The maximum atomic E-state index is 13.7. The van der Waals surface area contributed by atoms with Crippen molar-refractivity contribution in [2.24, 2.45) is 5.92 Å². The Labute approximate surface area is 155 Å². The summed E-state index contributed by atoms with van der Waals surface area (Å²) in [4.78, 5) is 26.0. The van der Waals surface area contributed by atoms with Crippen LogP contribution in [0.15, 0.2) is 42.5 Å². The lowest BCUT2D eigenvalue weighted by Gasteiger charge is -2.17. The number of anilines is 1. The Morgan fingerprint density at radius 1 is 1.22 bits per heavy atom. The molecule has 5 nitrogen and oxygen atoms in total. The zero-order valence-corrected chi connectivity index (χ0v) is 14.9. The molecule has 1 heterocycles. The van der Waals surface area contributed by atoms with Crippen LogP contribution < -0.4 is 15.0 Å². The van der Waals surface area contributed by atoms with E-state index in [4.69, 9.17) is 4.74 Å². The Kier molecular flexibility index (Phi) is 5.69. The highest BCUT2D eigenvalue weighted by Gasteiger charge is 2.31. The first-order valence-electron chi connectivity index (χ1n) is 8.74. The van der Waals surface area contributed by atoms with Gasteiger partial charge in [-0.05, 0) is 43.3 Å². The summed E-state index contributed by atoms with van der Waals surface area (Å²) in [6, 6.07) is 10.0. The van der Waals surface area contributed by atoms with E-state index < -0.39 is 17.5 Å². The molecular weight excluding hydrogens is 354 g/mol. The van der Waals surface area contributed by atoms with Gasteiger partial charge < -0.3 is 15.0 Å². The van der Waals surface area contributed by atoms with Crippen molar-refractivity contribution >= 4 is 17.5 Å². The van der Waals surface area contributed by atoms with E-state index in [9.17, 15) is 18.4 Å². The Hall–Kier alpha value is -2.96. The number of benzene rings is 2. The molecule has 0 saturated carbocycles. The van der Waals surface area contributed by atoms with Crippen LogP contribution >= 0.6 is 0 Å². The average molecular weight is 374 g/mol. The van der Waals surface area contributed by atoms with E-state index in [0.29, 0.717) is 25.6 Å². The van der Waals surface area contributed by atoms with Crippen LogP contribution in [0.3, 0.4) is 0 Å². The number of ether oxygens (including phenoxy) is 1. The van der Waals surface area contributed by atoms with Crippen molar-refractivity contribution in [3.63, 3.8) is 0 Å². The van der Waals surface area contributed by atoms with Gasteiger partial charge in [0.25, 0.3) is 5.91 Å². The predicted octanol–water partition coefficient (Wildman–Crippen LogP) is 3.15. The van der Waals surface area contributed by atoms with Crippen molar-refractivity contribution in [1.29, 1.82) is 0 Å². The third-order valence-electron chi connectivity index (χ3n) is 4.39. The molecule has 2 aromatic carbocycles. The van der Waals surface area contributed by atoms with Gasteiger partial charge in [-0.1, -0.05) is 0 Å². The second-order valence-corrected chi connectivity index (χ2v) is 6.34. The van der Waals surface area contributed by atoms with Crippen LogP contribution in [-0.2, 0) is 4.79 Å². The fourth-order valence-electron chi connectivity index (χ4n) is 3.06. The van der Waals surface area contributed by atoms with Gasteiger partial charge in [0, 0.05) is 37.2 Å². The molecule has 0 aromatic heterocycles. The van der Waals surface area contributed by atoms with E-state index in [0.717, 1.165) is 23.6 Å². The number of amides is 2. The van der Waals surface area contributed by atoms with Gasteiger partial charge in [0.2, 0.25) is 5.91 Å². The van der Waals surface area contributed by atoms with Crippen LogP contribution in [0.5, 0.6) is 5.75 Å². The first-order chi connectivity index (χ1) is 13.0. The highest BCUT2D eigenvalue weighted by atomic mass is 19.1. The lowest BCUT2D eigenvalue weighted by atomic mass is 10.1. The number of rotatable bonds is 6. The van der Waals surface area contributed by atoms with E-state index in [1.165, 1.54) is 0 Å². The molecule has 1 aliphatic rings. The van der Waals surface area contributed by atoms with E-state index in [1.54, 1.807) is 17.0 Å². The highest BCUT2D eigenvalue weighted by molar-refractivity contribution is 5.96.